The third-order valence-electron chi connectivity index (χ3n) is 7.27. The molecule has 0 bridgehead atoms. The van der Waals surface area contributed by atoms with Crippen molar-refractivity contribution in [1.82, 2.24) is 19.6 Å². The Morgan fingerprint density at radius 2 is 1.00 bits per heavy atom. The van der Waals surface area contributed by atoms with E-state index in [0.29, 0.717) is 25.6 Å². The number of hydrogen-bond acceptors (Lipinski definition) is 4. The molecule has 1 aromatic rings. The molecule has 0 fully saturated rings. The zero-order chi connectivity index (χ0) is 21.7. The van der Waals surface area contributed by atoms with E-state index in [1.165, 1.54) is 36.4 Å². The lowest BCUT2D eigenvalue weighted by atomic mass is 9.42. The minimum Gasteiger partial charge on any atom is -0.366 e. The van der Waals surface area contributed by atoms with Gasteiger partial charge in [0.1, 0.15) is 0 Å². The Labute approximate surface area is 185 Å². The molecule has 2 heterocycles. The van der Waals surface area contributed by atoms with Crippen molar-refractivity contribution < 1.29 is 0 Å². The van der Waals surface area contributed by atoms with Crippen LogP contribution in [0.5, 0.6) is 0 Å². The maximum atomic E-state index is 2.54. The van der Waals surface area contributed by atoms with Gasteiger partial charge in [0.2, 0.25) is 0 Å². The summed E-state index contributed by atoms with van der Waals surface area (Å²) in [5.41, 5.74) is 2.89. The summed E-state index contributed by atoms with van der Waals surface area (Å²) in [6.07, 6.45) is 13.9. The topological polar surface area (TPSA) is 13.0 Å². The minimum absolute atomic E-state index is 0.461. The molecule has 3 rings (SSSR count). The van der Waals surface area contributed by atoms with Crippen LogP contribution < -0.4 is 0 Å². The molecule has 2 unspecified atom stereocenters. The molecule has 0 N–H and O–H groups in total. The fourth-order valence-electron chi connectivity index (χ4n) is 5.38. The highest BCUT2D eigenvalue weighted by Gasteiger charge is 2.34. The molecule has 0 aromatic heterocycles. The molecule has 1 aromatic carbocycles. The van der Waals surface area contributed by atoms with Gasteiger partial charge in [-0.15, -0.1) is 0 Å². The highest BCUT2D eigenvalue weighted by molar-refractivity contribution is 6.60. The van der Waals surface area contributed by atoms with Gasteiger partial charge >= 0.3 is 0 Å². The molecule has 2 atom stereocenters. The highest BCUT2D eigenvalue weighted by Crippen LogP contribution is 2.27. The summed E-state index contributed by atoms with van der Waals surface area (Å²) in [6, 6.07) is 9.95. The minimum atomic E-state index is 0.461. The standard InChI is InChI=1S/C24H40B2N4/c1-7-25(8-2)23-27(5)15-17-29(23)19-21-13-11-12-14-22(21)20-30-18-16-28(6)24(30)26(9-3)10-4/h11-18,23-24H,7-10,19-20H2,1-6H3. The van der Waals surface area contributed by atoms with Gasteiger partial charge in [-0.3, -0.25) is 0 Å². The second-order valence-corrected chi connectivity index (χ2v) is 9.02. The van der Waals surface area contributed by atoms with Gasteiger partial charge in [0, 0.05) is 52.0 Å². The summed E-state index contributed by atoms with van der Waals surface area (Å²) < 4.78 is 0. The van der Waals surface area contributed by atoms with Crippen LogP contribution in [0.25, 0.3) is 0 Å². The largest absolute Gasteiger partial charge is 0.366 e. The summed E-state index contributed by atoms with van der Waals surface area (Å²) >= 11 is 0. The molecule has 2 aliphatic heterocycles. The van der Waals surface area contributed by atoms with Crippen molar-refractivity contribution in [2.45, 2.75) is 78.2 Å². The second kappa shape index (κ2) is 10.4. The average molecular weight is 406 g/mol. The molecule has 0 aliphatic carbocycles. The summed E-state index contributed by atoms with van der Waals surface area (Å²) in [7, 11) is 4.44. The molecular formula is C24H40B2N4. The van der Waals surface area contributed by atoms with Crippen molar-refractivity contribution in [2.24, 2.45) is 0 Å². The van der Waals surface area contributed by atoms with Crippen molar-refractivity contribution in [1.29, 1.82) is 0 Å². The second-order valence-electron chi connectivity index (χ2n) is 9.02. The summed E-state index contributed by atoms with van der Waals surface area (Å²) in [5.74, 6) is 0. The zero-order valence-corrected chi connectivity index (χ0v) is 20.0. The maximum absolute atomic E-state index is 2.54. The third kappa shape index (κ3) is 4.68. The van der Waals surface area contributed by atoms with Crippen LogP contribution in [-0.4, -0.2) is 59.3 Å². The first-order valence-electron chi connectivity index (χ1n) is 11.9. The lowest BCUT2D eigenvalue weighted by Gasteiger charge is -2.37. The van der Waals surface area contributed by atoms with Crippen molar-refractivity contribution in [2.75, 3.05) is 14.1 Å². The normalized spacial score (nSPS) is 20.6. The van der Waals surface area contributed by atoms with E-state index in [4.69, 9.17) is 0 Å². The van der Waals surface area contributed by atoms with Crippen LogP contribution in [-0.2, 0) is 13.1 Å². The van der Waals surface area contributed by atoms with Crippen LogP contribution in [0.4, 0.5) is 0 Å². The van der Waals surface area contributed by atoms with E-state index in [2.05, 4.69) is 110 Å². The molecular weight excluding hydrogens is 366 g/mol. The Bertz CT molecular complexity index is 669. The van der Waals surface area contributed by atoms with Gasteiger partial charge in [0.25, 0.3) is 0 Å². The monoisotopic (exact) mass is 406 g/mol. The van der Waals surface area contributed by atoms with Gasteiger partial charge in [-0.2, -0.15) is 0 Å². The van der Waals surface area contributed by atoms with E-state index >= 15 is 0 Å². The summed E-state index contributed by atoms with van der Waals surface area (Å²) in [4.78, 5) is 9.87. The van der Waals surface area contributed by atoms with E-state index in [-0.39, 0.29) is 0 Å². The maximum Gasteiger partial charge on any atom is 0.193 e. The van der Waals surface area contributed by atoms with Gasteiger partial charge in [-0.25, -0.2) is 0 Å². The lowest BCUT2D eigenvalue weighted by Crippen LogP contribution is -2.48. The van der Waals surface area contributed by atoms with E-state index in [0.717, 1.165) is 13.1 Å². The number of benzene rings is 1. The Balaban J connectivity index is 1.78. The molecule has 2 aliphatic rings. The van der Waals surface area contributed by atoms with Crippen LogP contribution in [0.15, 0.2) is 49.1 Å². The molecule has 6 heteroatoms. The van der Waals surface area contributed by atoms with Gasteiger partial charge in [-0.1, -0.05) is 77.2 Å². The molecule has 0 radical (unpaired) electrons. The number of hydrogen-bond donors (Lipinski definition) is 0. The van der Waals surface area contributed by atoms with Crippen molar-refractivity contribution in [3.8, 4) is 0 Å². The Hall–Kier alpha value is -1.97. The average Bonchev–Trinajstić information content (AvgIpc) is 3.29. The van der Waals surface area contributed by atoms with E-state index in [9.17, 15) is 0 Å². The smallest absolute Gasteiger partial charge is 0.193 e. The lowest BCUT2D eigenvalue weighted by molar-refractivity contribution is 0.230. The first-order chi connectivity index (χ1) is 14.5. The van der Waals surface area contributed by atoms with Gasteiger partial charge in [0.15, 0.2) is 13.4 Å². The van der Waals surface area contributed by atoms with Crippen molar-refractivity contribution in [3.63, 3.8) is 0 Å². The number of nitrogens with zero attached hydrogens (tertiary/aromatic N) is 4. The van der Waals surface area contributed by atoms with Crippen LogP contribution in [0.3, 0.4) is 0 Å². The predicted molar refractivity (Wildman–Crippen MR) is 132 cm³/mol. The molecule has 30 heavy (non-hydrogen) atoms. The Kier molecular flexibility index (Phi) is 7.85. The van der Waals surface area contributed by atoms with E-state index in [1.807, 2.05) is 0 Å². The van der Waals surface area contributed by atoms with Crippen LogP contribution in [0, 0.1) is 0 Å². The van der Waals surface area contributed by atoms with Crippen LogP contribution in [0.2, 0.25) is 25.3 Å². The summed E-state index contributed by atoms with van der Waals surface area (Å²) in [5, 5.41) is 0. The van der Waals surface area contributed by atoms with Crippen molar-refractivity contribution >= 4 is 13.4 Å². The number of rotatable bonds is 10. The fourth-order valence-corrected chi connectivity index (χ4v) is 5.38. The van der Waals surface area contributed by atoms with Crippen molar-refractivity contribution in [3.05, 3.63) is 60.2 Å². The van der Waals surface area contributed by atoms with E-state index in [1.54, 1.807) is 0 Å². The Morgan fingerprint density at radius 1 is 0.633 bits per heavy atom. The van der Waals surface area contributed by atoms with Crippen LogP contribution >= 0.6 is 0 Å². The van der Waals surface area contributed by atoms with Gasteiger partial charge < -0.3 is 19.6 Å². The predicted octanol–water partition coefficient (Wildman–Crippen LogP) is 4.92. The Morgan fingerprint density at radius 3 is 1.33 bits per heavy atom. The van der Waals surface area contributed by atoms with Gasteiger partial charge in [-0.05, 0) is 11.1 Å². The molecule has 4 nitrogen and oxygen atoms in total. The highest BCUT2D eigenvalue weighted by atomic mass is 15.4. The SMILES string of the molecule is CCB(CC)C1N(C)C=CN1Cc1ccccc1CN1C=CN(C)C1B(CC)CC. The first kappa shape index (κ1) is 22.7. The third-order valence-corrected chi connectivity index (χ3v) is 7.27. The quantitative estimate of drug-likeness (QED) is 0.512. The zero-order valence-electron chi connectivity index (χ0n) is 20.0. The fraction of sp³-hybridized carbons (Fsp3) is 0.583. The molecule has 0 spiro atoms. The van der Waals surface area contributed by atoms with E-state index < -0.39 is 0 Å². The summed E-state index contributed by atoms with van der Waals surface area (Å²) in [6.45, 7) is 12.6. The molecule has 0 saturated carbocycles. The first-order valence-corrected chi connectivity index (χ1v) is 11.9. The van der Waals surface area contributed by atoms with Crippen LogP contribution in [0.1, 0.15) is 38.8 Å². The molecule has 0 saturated heterocycles. The molecule has 162 valence electrons. The van der Waals surface area contributed by atoms with Gasteiger partial charge in [0.05, 0.1) is 12.1 Å². The molecule has 0 amide bonds.